The summed E-state index contributed by atoms with van der Waals surface area (Å²) in [5.74, 6) is 0.0421. The highest BCUT2D eigenvalue weighted by molar-refractivity contribution is 6.31. The molecule has 0 aliphatic carbocycles. The Hall–Kier alpha value is -2.45. The number of aryl methyl sites for hydroxylation is 2. The van der Waals surface area contributed by atoms with E-state index in [1.165, 1.54) is 11.1 Å². The number of hydrogen-bond donors (Lipinski definition) is 2. The Labute approximate surface area is 160 Å². The zero-order valence-corrected chi connectivity index (χ0v) is 16.1. The first-order valence-corrected chi connectivity index (χ1v) is 9.44. The highest BCUT2D eigenvalue weighted by Crippen LogP contribution is 2.38. The molecular formula is C23H25ClN2. The van der Waals surface area contributed by atoms with E-state index in [0.717, 1.165) is 45.9 Å². The van der Waals surface area contributed by atoms with Crippen molar-refractivity contribution < 1.29 is 0 Å². The van der Waals surface area contributed by atoms with Crippen LogP contribution in [-0.4, -0.2) is 0 Å². The number of nitrogen functional groups attached to an aromatic ring is 2. The Morgan fingerprint density at radius 3 is 1.73 bits per heavy atom. The van der Waals surface area contributed by atoms with Crippen LogP contribution in [0.5, 0.6) is 0 Å². The van der Waals surface area contributed by atoms with Crippen molar-refractivity contribution in [3.05, 3.63) is 93.5 Å². The summed E-state index contributed by atoms with van der Waals surface area (Å²) in [7, 11) is 0. The second-order valence-electron chi connectivity index (χ2n) is 6.58. The summed E-state index contributed by atoms with van der Waals surface area (Å²) in [6.45, 7) is 4.25. The molecule has 0 radical (unpaired) electrons. The molecule has 0 spiro atoms. The van der Waals surface area contributed by atoms with Crippen LogP contribution in [-0.2, 0) is 12.8 Å². The van der Waals surface area contributed by atoms with Crippen LogP contribution >= 0.6 is 11.6 Å². The van der Waals surface area contributed by atoms with E-state index in [4.69, 9.17) is 23.1 Å². The predicted octanol–water partition coefficient (Wildman–Crippen LogP) is 5.81. The second-order valence-corrected chi connectivity index (χ2v) is 6.99. The van der Waals surface area contributed by atoms with Crippen LogP contribution in [0.15, 0.2) is 60.7 Å². The van der Waals surface area contributed by atoms with Crippen molar-refractivity contribution in [1.82, 2.24) is 0 Å². The van der Waals surface area contributed by atoms with Crippen LogP contribution < -0.4 is 11.5 Å². The molecule has 0 heterocycles. The van der Waals surface area contributed by atoms with Gasteiger partial charge in [0.25, 0.3) is 0 Å². The largest absolute Gasteiger partial charge is 0.399 e. The molecule has 0 aromatic heterocycles. The van der Waals surface area contributed by atoms with Crippen LogP contribution in [0.2, 0.25) is 5.02 Å². The fourth-order valence-electron chi connectivity index (χ4n) is 3.48. The van der Waals surface area contributed by atoms with E-state index in [9.17, 15) is 0 Å². The van der Waals surface area contributed by atoms with Crippen molar-refractivity contribution in [3.8, 4) is 0 Å². The number of rotatable bonds is 5. The van der Waals surface area contributed by atoms with Crippen molar-refractivity contribution in [2.24, 2.45) is 0 Å². The highest BCUT2D eigenvalue weighted by atomic mass is 35.5. The standard InChI is InChI=1S/C23H25ClN2/c1-3-15-13-17(9-11-21(15)25)23(19-7-5-6-8-20(19)24)18-10-12-22(26)16(4-2)14-18/h5-14,23H,3-4,25-26H2,1-2H3. The average molecular weight is 365 g/mol. The number of hydrogen-bond acceptors (Lipinski definition) is 2. The lowest BCUT2D eigenvalue weighted by Gasteiger charge is -2.22. The van der Waals surface area contributed by atoms with Gasteiger partial charge in [-0.25, -0.2) is 0 Å². The number of nitrogens with two attached hydrogens (primary N) is 2. The highest BCUT2D eigenvalue weighted by Gasteiger charge is 2.20. The van der Waals surface area contributed by atoms with Crippen molar-refractivity contribution in [2.45, 2.75) is 32.6 Å². The molecule has 3 aromatic carbocycles. The first-order valence-electron chi connectivity index (χ1n) is 9.06. The summed E-state index contributed by atoms with van der Waals surface area (Å²) in [6, 6.07) is 20.6. The minimum absolute atomic E-state index is 0.0421. The van der Waals surface area contributed by atoms with E-state index in [0.29, 0.717) is 0 Å². The SMILES string of the molecule is CCc1cc(C(c2ccc(N)c(CC)c2)c2ccccc2Cl)ccc1N. The van der Waals surface area contributed by atoms with Gasteiger partial charge >= 0.3 is 0 Å². The van der Waals surface area contributed by atoms with Crippen LogP contribution in [0.25, 0.3) is 0 Å². The van der Waals surface area contributed by atoms with Gasteiger partial charge in [-0.3, -0.25) is 0 Å². The first-order chi connectivity index (χ1) is 12.5. The monoisotopic (exact) mass is 364 g/mol. The van der Waals surface area contributed by atoms with Crippen molar-refractivity contribution in [1.29, 1.82) is 0 Å². The van der Waals surface area contributed by atoms with Crippen LogP contribution in [0.1, 0.15) is 47.6 Å². The molecule has 0 aliphatic heterocycles. The van der Waals surface area contributed by atoms with Crippen molar-refractivity contribution in [3.63, 3.8) is 0 Å². The Morgan fingerprint density at radius 2 is 1.27 bits per heavy atom. The Balaban J connectivity index is 2.22. The number of halogens is 1. The summed E-state index contributed by atoms with van der Waals surface area (Å²) in [6.07, 6.45) is 1.80. The molecule has 0 bridgehead atoms. The zero-order chi connectivity index (χ0) is 18.7. The van der Waals surface area contributed by atoms with Gasteiger partial charge in [-0.1, -0.05) is 67.9 Å². The Bertz CT molecular complexity index is 864. The zero-order valence-electron chi connectivity index (χ0n) is 15.3. The first kappa shape index (κ1) is 18.3. The molecule has 4 N–H and O–H groups in total. The third kappa shape index (κ3) is 3.56. The van der Waals surface area contributed by atoms with Crippen LogP contribution in [0.3, 0.4) is 0 Å². The molecule has 0 atom stereocenters. The minimum atomic E-state index is 0.0421. The molecule has 3 aromatic rings. The lowest BCUT2D eigenvalue weighted by Crippen LogP contribution is -2.07. The molecule has 0 amide bonds. The lowest BCUT2D eigenvalue weighted by atomic mass is 9.83. The fourth-order valence-corrected chi connectivity index (χ4v) is 3.73. The predicted molar refractivity (Wildman–Crippen MR) is 113 cm³/mol. The number of anilines is 2. The van der Waals surface area contributed by atoms with Gasteiger partial charge in [0.15, 0.2) is 0 Å². The van der Waals surface area contributed by atoms with E-state index in [1.807, 2.05) is 30.3 Å². The molecule has 26 heavy (non-hydrogen) atoms. The van der Waals surface area contributed by atoms with E-state index in [1.54, 1.807) is 0 Å². The normalized spacial score (nSPS) is 11.1. The van der Waals surface area contributed by atoms with Crippen molar-refractivity contribution >= 4 is 23.0 Å². The molecule has 0 saturated heterocycles. The smallest absolute Gasteiger partial charge is 0.0447 e. The van der Waals surface area contributed by atoms with Crippen molar-refractivity contribution in [2.75, 3.05) is 11.5 Å². The summed E-state index contributed by atoms with van der Waals surface area (Å²) >= 11 is 6.58. The van der Waals surface area contributed by atoms with Crippen LogP contribution in [0, 0.1) is 0 Å². The molecule has 0 fully saturated rings. The maximum absolute atomic E-state index is 6.58. The van der Waals surface area contributed by atoms with Gasteiger partial charge in [-0.05, 0) is 58.9 Å². The topological polar surface area (TPSA) is 52.0 Å². The quantitative estimate of drug-likeness (QED) is 0.443. The molecular weight excluding hydrogens is 340 g/mol. The van der Waals surface area contributed by atoms with Gasteiger partial charge in [0.05, 0.1) is 0 Å². The molecule has 0 unspecified atom stereocenters. The van der Waals surface area contributed by atoms with Gasteiger partial charge in [-0.15, -0.1) is 0 Å². The van der Waals surface area contributed by atoms with Crippen LogP contribution in [0.4, 0.5) is 11.4 Å². The lowest BCUT2D eigenvalue weighted by molar-refractivity contribution is 0.961. The Morgan fingerprint density at radius 1 is 0.769 bits per heavy atom. The maximum Gasteiger partial charge on any atom is 0.0447 e. The molecule has 3 heteroatoms. The van der Waals surface area contributed by atoms with Gasteiger partial charge in [0.1, 0.15) is 0 Å². The third-order valence-electron chi connectivity index (χ3n) is 4.98. The van der Waals surface area contributed by atoms with E-state index in [-0.39, 0.29) is 5.92 Å². The summed E-state index contributed by atoms with van der Waals surface area (Å²) < 4.78 is 0. The van der Waals surface area contributed by atoms with Gasteiger partial charge in [0, 0.05) is 22.3 Å². The summed E-state index contributed by atoms with van der Waals surface area (Å²) in [4.78, 5) is 0. The summed E-state index contributed by atoms with van der Waals surface area (Å²) in [5, 5.41) is 0.766. The molecule has 0 saturated carbocycles. The average Bonchev–Trinajstić information content (AvgIpc) is 2.66. The maximum atomic E-state index is 6.58. The number of benzene rings is 3. The molecule has 0 aliphatic rings. The fraction of sp³-hybridized carbons (Fsp3) is 0.217. The van der Waals surface area contributed by atoms with E-state index >= 15 is 0 Å². The summed E-state index contributed by atoms with van der Waals surface area (Å²) in [5.41, 5.74) is 19.7. The van der Waals surface area contributed by atoms with E-state index in [2.05, 4.69) is 44.2 Å². The van der Waals surface area contributed by atoms with E-state index < -0.39 is 0 Å². The van der Waals surface area contributed by atoms with Gasteiger partial charge in [-0.2, -0.15) is 0 Å². The minimum Gasteiger partial charge on any atom is -0.399 e. The second kappa shape index (κ2) is 7.84. The third-order valence-corrected chi connectivity index (χ3v) is 5.32. The molecule has 2 nitrogen and oxygen atoms in total. The molecule has 3 rings (SSSR count). The molecule has 134 valence electrons. The van der Waals surface area contributed by atoms with Gasteiger partial charge in [0.2, 0.25) is 0 Å². The van der Waals surface area contributed by atoms with Gasteiger partial charge < -0.3 is 11.5 Å². The Kier molecular flexibility index (Phi) is 5.53.